The van der Waals surface area contributed by atoms with Crippen LogP contribution in [0.25, 0.3) is 11.3 Å². The van der Waals surface area contributed by atoms with Crippen molar-refractivity contribution >= 4 is 23.1 Å². The summed E-state index contributed by atoms with van der Waals surface area (Å²) in [4.78, 5) is 18.7. The Balaban J connectivity index is 1.37. The van der Waals surface area contributed by atoms with Gasteiger partial charge in [-0.2, -0.15) is 0 Å². The molecule has 2 aliphatic heterocycles. The van der Waals surface area contributed by atoms with Crippen LogP contribution in [0.3, 0.4) is 0 Å². The summed E-state index contributed by atoms with van der Waals surface area (Å²) in [5.74, 6) is 0. The molecular weight excluding hydrogens is 338 g/mol. The molecule has 3 heterocycles. The van der Waals surface area contributed by atoms with Gasteiger partial charge in [0.1, 0.15) is 0 Å². The minimum atomic E-state index is -0.367. The molecule has 0 saturated carbocycles. The van der Waals surface area contributed by atoms with E-state index in [4.69, 9.17) is 4.74 Å². The number of nitrogens with zero attached hydrogens (tertiary/aromatic N) is 2. The van der Waals surface area contributed by atoms with Gasteiger partial charge in [0.05, 0.1) is 29.5 Å². The van der Waals surface area contributed by atoms with Crippen LogP contribution in [0.15, 0.2) is 35.2 Å². The van der Waals surface area contributed by atoms with Crippen molar-refractivity contribution in [3.8, 4) is 11.3 Å². The van der Waals surface area contributed by atoms with E-state index in [0.717, 1.165) is 29.8 Å². The van der Waals surface area contributed by atoms with Crippen LogP contribution in [0.4, 0.5) is 10.5 Å². The molecule has 0 bridgehead atoms. The highest BCUT2D eigenvalue weighted by atomic mass is 32.1. The van der Waals surface area contributed by atoms with Crippen molar-refractivity contribution in [1.82, 2.24) is 9.88 Å². The quantitative estimate of drug-likeness (QED) is 0.864. The first-order valence-electron chi connectivity index (χ1n) is 8.50. The summed E-state index contributed by atoms with van der Waals surface area (Å²) in [5.41, 5.74) is 4.23. The summed E-state index contributed by atoms with van der Waals surface area (Å²) in [6.45, 7) is 1.70. The molecule has 2 N–H and O–H groups in total. The second-order valence-corrected chi connectivity index (χ2v) is 7.44. The molecule has 4 rings (SSSR count). The Kier molecular flexibility index (Phi) is 4.45. The van der Waals surface area contributed by atoms with E-state index in [1.807, 2.05) is 34.5 Å². The third-order valence-corrected chi connectivity index (χ3v) is 5.58. The molecule has 7 heteroatoms. The number of benzene rings is 1. The average Bonchev–Trinajstić information content (AvgIpc) is 3.26. The maximum Gasteiger partial charge on any atom is 0.321 e. The number of rotatable bonds is 2. The predicted octanol–water partition coefficient (Wildman–Crippen LogP) is 2.96. The first-order valence-corrected chi connectivity index (χ1v) is 9.44. The van der Waals surface area contributed by atoms with Crippen LogP contribution in [0.2, 0.25) is 0 Å². The molecular formula is C18H21N3O3S. The largest absolute Gasteiger partial charge is 0.391 e. The summed E-state index contributed by atoms with van der Waals surface area (Å²) < 4.78 is 5.78. The molecule has 1 aromatic heterocycles. The van der Waals surface area contributed by atoms with Crippen molar-refractivity contribution in [1.29, 1.82) is 0 Å². The topological polar surface area (TPSA) is 74.7 Å². The minimum Gasteiger partial charge on any atom is -0.391 e. The van der Waals surface area contributed by atoms with Crippen molar-refractivity contribution in [2.75, 3.05) is 25.0 Å². The fourth-order valence-corrected chi connectivity index (χ4v) is 4.16. The fraction of sp³-hybridized carbons (Fsp3) is 0.444. The van der Waals surface area contributed by atoms with Crippen LogP contribution < -0.4 is 5.32 Å². The second-order valence-electron chi connectivity index (χ2n) is 6.72. The van der Waals surface area contributed by atoms with E-state index in [0.29, 0.717) is 26.1 Å². The second kappa shape index (κ2) is 6.74. The van der Waals surface area contributed by atoms with Crippen LogP contribution >= 0.6 is 11.3 Å². The van der Waals surface area contributed by atoms with Crippen molar-refractivity contribution in [3.63, 3.8) is 0 Å². The van der Waals surface area contributed by atoms with Gasteiger partial charge in [-0.05, 0) is 25.0 Å². The Morgan fingerprint density at radius 2 is 2.24 bits per heavy atom. The lowest BCUT2D eigenvalue weighted by Gasteiger charge is -2.38. The number of hydrogen-bond acceptors (Lipinski definition) is 5. The van der Waals surface area contributed by atoms with E-state index in [9.17, 15) is 9.90 Å². The molecule has 2 amide bonds. The van der Waals surface area contributed by atoms with Gasteiger partial charge in [-0.25, -0.2) is 9.78 Å². The lowest BCUT2D eigenvalue weighted by molar-refractivity contribution is -0.0365. The SMILES string of the molecule is O=C(Nc1cccc(-c2cscn2)c1)N1CCC2(CC1)C[C@@H](O)CO2. The maximum absolute atomic E-state index is 12.5. The van der Waals surface area contributed by atoms with Gasteiger partial charge in [0, 0.05) is 36.1 Å². The molecule has 0 radical (unpaired) electrons. The average molecular weight is 359 g/mol. The van der Waals surface area contributed by atoms with Crippen LogP contribution in [-0.4, -0.2) is 52.4 Å². The summed E-state index contributed by atoms with van der Waals surface area (Å²) in [5, 5.41) is 14.7. The number of piperidine rings is 1. The van der Waals surface area contributed by atoms with Gasteiger partial charge in [0.15, 0.2) is 0 Å². The Hall–Kier alpha value is -1.96. The van der Waals surface area contributed by atoms with Gasteiger partial charge in [0.2, 0.25) is 0 Å². The molecule has 2 aliphatic rings. The lowest BCUT2D eigenvalue weighted by Crippen LogP contribution is -2.47. The Morgan fingerprint density at radius 1 is 1.40 bits per heavy atom. The zero-order valence-electron chi connectivity index (χ0n) is 13.9. The number of urea groups is 1. The molecule has 1 atom stereocenters. The molecule has 0 unspecified atom stereocenters. The number of aliphatic hydroxyl groups excluding tert-OH is 1. The summed E-state index contributed by atoms with van der Waals surface area (Å²) in [6, 6.07) is 7.63. The monoisotopic (exact) mass is 359 g/mol. The number of aromatic nitrogens is 1. The van der Waals surface area contributed by atoms with E-state index in [-0.39, 0.29) is 17.7 Å². The van der Waals surface area contributed by atoms with Crippen LogP contribution in [0, 0.1) is 0 Å². The molecule has 2 saturated heterocycles. The van der Waals surface area contributed by atoms with Crippen molar-refractivity contribution < 1.29 is 14.6 Å². The van der Waals surface area contributed by atoms with E-state index in [1.165, 1.54) is 0 Å². The lowest BCUT2D eigenvalue weighted by atomic mass is 9.88. The van der Waals surface area contributed by atoms with Gasteiger partial charge in [-0.15, -0.1) is 11.3 Å². The predicted molar refractivity (Wildman–Crippen MR) is 96.7 cm³/mol. The van der Waals surface area contributed by atoms with Crippen LogP contribution in [-0.2, 0) is 4.74 Å². The summed E-state index contributed by atoms with van der Waals surface area (Å²) in [7, 11) is 0. The number of carbonyl (C=O) groups is 1. The number of amides is 2. The highest BCUT2D eigenvalue weighted by Crippen LogP contribution is 2.36. The third-order valence-electron chi connectivity index (χ3n) is 4.99. The highest BCUT2D eigenvalue weighted by Gasteiger charge is 2.42. The van der Waals surface area contributed by atoms with E-state index >= 15 is 0 Å². The first kappa shape index (κ1) is 16.5. The molecule has 132 valence electrons. The maximum atomic E-state index is 12.5. The van der Waals surface area contributed by atoms with Gasteiger partial charge in [0.25, 0.3) is 0 Å². The first-order chi connectivity index (χ1) is 12.1. The molecule has 0 aliphatic carbocycles. The van der Waals surface area contributed by atoms with Crippen molar-refractivity contribution in [2.45, 2.75) is 31.0 Å². The zero-order chi connectivity index (χ0) is 17.3. The minimum absolute atomic E-state index is 0.0937. The smallest absolute Gasteiger partial charge is 0.321 e. The van der Waals surface area contributed by atoms with Crippen LogP contribution in [0.5, 0.6) is 0 Å². The molecule has 1 aromatic carbocycles. The number of likely N-dealkylation sites (tertiary alicyclic amines) is 1. The zero-order valence-corrected chi connectivity index (χ0v) is 14.7. The molecule has 6 nitrogen and oxygen atoms in total. The molecule has 1 spiro atoms. The number of aliphatic hydroxyl groups is 1. The van der Waals surface area contributed by atoms with Gasteiger partial charge in [-0.3, -0.25) is 0 Å². The van der Waals surface area contributed by atoms with Gasteiger partial charge >= 0.3 is 6.03 Å². The number of hydrogen-bond donors (Lipinski definition) is 2. The Labute approximate surface area is 150 Å². The van der Waals surface area contributed by atoms with Crippen molar-refractivity contribution in [2.24, 2.45) is 0 Å². The van der Waals surface area contributed by atoms with E-state index in [2.05, 4.69) is 10.3 Å². The number of thiazole rings is 1. The standard InChI is InChI=1S/C18H21N3O3S/c22-15-9-18(24-10-15)4-6-21(7-5-18)17(23)20-14-3-1-2-13(8-14)16-11-25-12-19-16/h1-3,8,11-12,15,22H,4-7,9-10H2,(H,20,23)/t15-/m1/s1. The molecule has 2 fully saturated rings. The molecule has 2 aromatic rings. The Bertz CT molecular complexity index is 742. The van der Waals surface area contributed by atoms with Gasteiger partial charge < -0.3 is 20.1 Å². The number of ether oxygens (including phenoxy) is 1. The number of carbonyl (C=O) groups excluding carboxylic acids is 1. The fourth-order valence-electron chi connectivity index (χ4n) is 3.60. The van der Waals surface area contributed by atoms with Crippen LogP contribution in [0.1, 0.15) is 19.3 Å². The summed E-state index contributed by atoms with van der Waals surface area (Å²) >= 11 is 1.55. The number of nitrogens with one attached hydrogen (secondary N) is 1. The Morgan fingerprint density at radius 3 is 2.92 bits per heavy atom. The van der Waals surface area contributed by atoms with Gasteiger partial charge in [-0.1, -0.05) is 12.1 Å². The molecule has 25 heavy (non-hydrogen) atoms. The third kappa shape index (κ3) is 3.53. The van der Waals surface area contributed by atoms with E-state index < -0.39 is 0 Å². The van der Waals surface area contributed by atoms with E-state index in [1.54, 1.807) is 16.8 Å². The number of anilines is 1. The highest BCUT2D eigenvalue weighted by molar-refractivity contribution is 7.07. The van der Waals surface area contributed by atoms with Crippen molar-refractivity contribution in [3.05, 3.63) is 35.2 Å². The summed E-state index contributed by atoms with van der Waals surface area (Å²) in [6.07, 6.45) is 1.86. The normalized spacial score (nSPS) is 22.3.